The van der Waals surface area contributed by atoms with Crippen molar-refractivity contribution < 1.29 is 4.68 Å². The molecule has 0 radical (unpaired) electrons. The first-order valence-corrected chi connectivity index (χ1v) is 4.60. The molecule has 0 N–H and O–H groups in total. The van der Waals surface area contributed by atoms with Gasteiger partial charge in [0.1, 0.15) is 0 Å². The van der Waals surface area contributed by atoms with E-state index in [2.05, 4.69) is 25.3 Å². The van der Waals surface area contributed by atoms with Gasteiger partial charge in [0.15, 0.2) is 11.4 Å². The SMILES string of the molecule is C[n+]1nsc(Cl)c1C(C)(C)C. The van der Waals surface area contributed by atoms with Crippen LogP contribution in [-0.4, -0.2) is 4.49 Å². The highest BCUT2D eigenvalue weighted by atomic mass is 35.5. The van der Waals surface area contributed by atoms with E-state index in [1.807, 2.05) is 11.7 Å². The standard InChI is InChI=1S/C7H12ClN2S/c1-7(2,3)5-6(8)11-9-10(5)4/h1-4H3/q+1. The maximum Gasteiger partial charge on any atom is 0.244 e. The zero-order chi connectivity index (χ0) is 8.65. The predicted octanol–water partition coefficient (Wildman–Crippen LogP) is 1.92. The number of hydrogen-bond acceptors (Lipinski definition) is 2. The lowest BCUT2D eigenvalue weighted by molar-refractivity contribution is -0.732. The number of rotatable bonds is 0. The summed E-state index contributed by atoms with van der Waals surface area (Å²) in [4.78, 5) is 0. The smallest absolute Gasteiger partial charge is 0.0769 e. The number of nitrogens with zero attached hydrogens (tertiary/aromatic N) is 2. The highest BCUT2D eigenvalue weighted by molar-refractivity contribution is 7.10. The van der Waals surface area contributed by atoms with Gasteiger partial charge in [-0.15, -0.1) is 0 Å². The topological polar surface area (TPSA) is 16.8 Å². The maximum absolute atomic E-state index is 5.96. The van der Waals surface area contributed by atoms with Crippen LogP contribution in [0.1, 0.15) is 26.5 Å². The molecule has 2 nitrogen and oxygen atoms in total. The van der Waals surface area contributed by atoms with Gasteiger partial charge in [0.25, 0.3) is 0 Å². The van der Waals surface area contributed by atoms with Crippen molar-refractivity contribution in [2.75, 3.05) is 0 Å². The molecule has 11 heavy (non-hydrogen) atoms. The largest absolute Gasteiger partial charge is 0.244 e. The van der Waals surface area contributed by atoms with E-state index in [1.165, 1.54) is 11.5 Å². The van der Waals surface area contributed by atoms with E-state index in [0.717, 1.165) is 10.0 Å². The van der Waals surface area contributed by atoms with E-state index in [9.17, 15) is 0 Å². The van der Waals surface area contributed by atoms with Gasteiger partial charge >= 0.3 is 0 Å². The molecule has 4 heteroatoms. The van der Waals surface area contributed by atoms with Crippen molar-refractivity contribution in [2.24, 2.45) is 7.05 Å². The molecule has 0 atom stereocenters. The molecule has 0 amide bonds. The summed E-state index contributed by atoms with van der Waals surface area (Å²) < 4.78 is 6.74. The Labute approximate surface area is 76.0 Å². The first-order valence-electron chi connectivity index (χ1n) is 3.45. The fourth-order valence-electron chi connectivity index (χ4n) is 1.09. The number of aryl methyl sites for hydroxylation is 1. The van der Waals surface area contributed by atoms with Crippen molar-refractivity contribution in [1.82, 2.24) is 4.49 Å². The van der Waals surface area contributed by atoms with Gasteiger partial charge in [-0.2, -0.15) is 0 Å². The van der Waals surface area contributed by atoms with Crippen molar-refractivity contribution in [3.8, 4) is 0 Å². The van der Waals surface area contributed by atoms with Crippen LogP contribution in [0.4, 0.5) is 0 Å². The third-order valence-electron chi connectivity index (χ3n) is 1.46. The molecule has 0 aromatic carbocycles. The Morgan fingerprint density at radius 3 is 2.18 bits per heavy atom. The van der Waals surface area contributed by atoms with Crippen molar-refractivity contribution >= 4 is 23.1 Å². The molecule has 0 saturated heterocycles. The fourth-order valence-corrected chi connectivity index (χ4v) is 2.39. The Bertz CT molecular complexity index is 242. The Morgan fingerprint density at radius 1 is 1.45 bits per heavy atom. The van der Waals surface area contributed by atoms with E-state index in [4.69, 9.17) is 11.6 Å². The monoisotopic (exact) mass is 191 g/mol. The van der Waals surface area contributed by atoms with Gasteiger partial charge < -0.3 is 0 Å². The lowest BCUT2D eigenvalue weighted by Crippen LogP contribution is -2.39. The van der Waals surface area contributed by atoms with Gasteiger partial charge in [-0.05, 0) is 0 Å². The Morgan fingerprint density at radius 2 is 2.00 bits per heavy atom. The molecule has 1 aromatic heterocycles. The Hall–Kier alpha value is -0.150. The van der Waals surface area contributed by atoms with E-state index in [1.54, 1.807) is 0 Å². The number of hydrogen-bond donors (Lipinski definition) is 0. The summed E-state index contributed by atoms with van der Waals surface area (Å²) in [5, 5.41) is 0. The van der Waals surface area contributed by atoms with Crippen molar-refractivity contribution in [2.45, 2.75) is 26.2 Å². The van der Waals surface area contributed by atoms with Crippen LogP contribution in [0, 0.1) is 0 Å². The van der Waals surface area contributed by atoms with Gasteiger partial charge in [0.05, 0.1) is 21.4 Å². The number of aromatic nitrogens is 2. The average molecular weight is 192 g/mol. The molecular weight excluding hydrogens is 180 g/mol. The summed E-state index contributed by atoms with van der Waals surface area (Å²) in [6.45, 7) is 6.38. The van der Waals surface area contributed by atoms with Crippen molar-refractivity contribution in [3.63, 3.8) is 0 Å². The Kier molecular flexibility index (Phi) is 2.21. The first kappa shape index (κ1) is 8.94. The van der Waals surface area contributed by atoms with Crippen LogP contribution in [0.3, 0.4) is 0 Å². The maximum atomic E-state index is 5.96. The second kappa shape index (κ2) is 2.72. The minimum atomic E-state index is 0.0822. The second-order valence-corrected chi connectivity index (χ2v) is 4.93. The highest BCUT2D eigenvalue weighted by Gasteiger charge is 2.30. The van der Waals surface area contributed by atoms with E-state index in [-0.39, 0.29) is 5.41 Å². The van der Waals surface area contributed by atoms with Crippen LogP contribution >= 0.6 is 23.1 Å². The minimum Gasteiger partial charge on any atom is -0.0769 e. The van der Waals surface area contributed by atoms with Crippen LogP contribution in [0.5, 0.6) is 0 Å². The summed E-state index contributed by atoms with van der Waals surface area (Å²) in [5.41, 5.74) is 1.18. The molecule has 62 valence electrons. The average Bonchev–Trinajstić information content (AvgIpc) is 2.08. The summed E-state index contributed by atoms with van der Waals surface area (Å²) in [6, 6.07) is 0. The molecule has 0 fully saturated rings. The third kappa shape index (κ3) is 1.71. The highest BCUT2D eigenvalue weighted by Crippen LogP contribution is 2.27. The number of halogens is 1. The molecule has 0 bridgehead atoms. The lowest BCUT2D eigenvalue weighted by atomic mass is 9.93. The molecule has 1 heterocycles. The summed E-state index contributed by atoms with van der Waals surface area (Å²) in [5.74, 6) is 0. The normalized spacial score (nSPS) is 12.1. The quantitative estimate of drug-likeness (QED) is 0.573. The minimum absolute atomic E-state index is 0.0822. The molecule has 1 aromatic rings. The Balaban J connectivity index is 3.21. The van der Waals surface area contributed by atoms with Crippen LogP contribution in [-0.2, 0) is 12.5 Å². The molecule has 0 aliphatic heterocycles. The van der Waals surface area contributed by atoms with Crippen molar-refractivity contribution in [1.29, 1.82) is 0 Å². The van der Waals surface area contributed by atoms with E-state index >= 15 is 0 Å². The summed E-state index contributed by atoms with van der Waals surface area (Å²) in [7, 11) is 1.92. The third-order valence-corrected chi connectivity index (χ3v) is 2.53. The van der Waals surface area contributed by atoms with E-state index < -0.39 is 0 Å². The van der Waals surface area contributed by atoms with Gasteiger partial charge in [-0.3, -0.25) is 0 Å². The second-order valence-electron chi connectivity index (χ2n) is 3.57. The summed E-state index contributed by atoms with van der Waals surface area (Å²) >= 11 is 7.30. The van der Waals surface area contributed by atoms with E-state index in [0.29, 0.717) is 0 Å². The van der Waals surface area contributed by atoms with Gasteiger partial charge in [-0.1, -0.05) is 37.1 Å². The fraction of sp³-hybridized carbons (Fsp3) is 0.714. The van der Waals surface area contributed by atoms with Crippen LogP contribution < -0.4 is 4.68 Å². The van der Waals surface area contributed by atoms with Crippen molar-refractivity contribution in [3.05, 3.63) is 10.0 Å². The lowest BCUT2D eigenvalue weighted by Gasteiger charge is -2.10. The van der Waals surface area contributed by atoms with Crippen LogP contribution in [0.25, 0.3) is 0 Å². The van der Waals surface area contributed by atoms with Crippen LogP contribution in [0.15, 0.2) is 0 Å². The molecule has 0 saturated carbocycles. The molecule has 0 aliphatic rings. The zero-order valence-electron chi connectivity index (χ0n) is 7.18. The van der Waals surface area contributed by atoms with Crippen LogP contribution in [0.2, 0.25) is 4.34 Å². The zero-order valence-corrected chi connectivity index (χ0v) is 8.75. The van der Waals surface area contributed by atoms with Gasteiger partial charge in [0.2, 0.25) is 5.69 Å². The molecule has 0 spiro atoms. The first-order chi connectivity index (χ1) is 4.93. The molecule has 0 unspecified atom stereocenters. The molecule has 1 rings (SSSR count). The summed E-state index contributed by atoms with van der Waals surface area (Å²) in [6.07, 6.45) is 0. The molecule has 0 aliphatic carbocycles. The van der Waals surface area contributed by atoms with Gasteiger partial charge in [0, 0.05) is 0 Å². The van der Waals surface area contributed by atoms with Gasteiger partial charge in [-0.25, -0.2) is 0 Å². The molecular formula is C7H12ClN2S+. The predicted molar refractivity (Wildman–Crippen MR) is 47.0 cm³/mol.